The fourth-order valence-corrected chi connectivity index (χ4v) is 2.32. The number of benzene rings is 1. The summed E-state index contributed by atoms with van der Waals surface area (Å²) in [5.41, 5.74) is 1.73. The number of methoxy groups -OCH3 is 1. The third kappa shape index (κ3) is 5.39. The molecule has 0 aliphatic carbocycles. The van der Waals surface area contributed by atoms with Crippen molar-refractivity contribution in [2.75, 3.05) is 25.5 Å². The molecule has 0 saturated carbocycles. The van der Waals surface area contributed by atoms with E-state index in [1.54, 1.807) is 7.11 Å². The first-order valence-electron chi connectivity index (χ1n) is 7.74. The van der Waals surface area contributed by atoms with Crippen molar-refractivity contribution in [3.8, 4) is 5.75 Å². The monoisotopic (exact) mass is 306 g/mol. The van der Waals surface area contributed by atoms with Gasteiger partial charge in [0.05, 0.1) is 12.8 Å². The molecule has 0 fully saturated rings. The maximum absolute atomic E-state index is 11.9. The Morgan fingerprint density at radius 3 is 2.50 bits per heavy atom. The predicted octanol–water partition coefficient (Wildman–Crippen LogP) is 2.84. The van der Waals surface area contributed by atoms with Gasteiger partial charge >= 0.3 is 0 Å². The number of carbonyl (C=O) groups excluding carboxylic acids is 2. The molecule has 5 nitrogen and oxygen atoms in total. The summed E-state index contributed by atoms with van der Waals surface area (Å²) in [6, 6.07) is 5.71. The van der Waals surface area contributed by atoms with E-state index < -0.39 is 0 Å². The zero-order valence-electron chi connectivity index (χ0n) is 13.9. The third-order valence-electron chi connectivity index (χ3n) is 3.39. The van der Waals surface area contributed by atoms with E-state index in [0.29, 0.717) is 24.4 Å². The van der Waals surface area contributed by atoms with E-state index in [4.69, 9.17) is 4.74 Å². The Bertz CT molecular complexity index is 515. The first-order valence-corrected chi connectivity index (χ1v) is 7.74. The van der Waals surface area contributed by atoms with Crippen LogP contribution in [0, 0.1) is 0 Å². The van der Waals surface area contributed by atoms with Gasteiger partial charge in [0.25, 0.3) is 0 Å². The van der Waals surface area contributed by atoms with Crippen molar-refractivity contribution in [1.29, 1.82) is 0 Å². The Morgan fingerprint density at radius 1 is 1.23 bits per heavy atom. The summed E-state index contributed by atoms with van der Waals surface area (Å²) in [4.78, 5) is 25.0. The Morgan fingerprint density at radius 2 is 1.95 bits per heavy atom. The van der Waals surface area contributed by atoms with E-state index in [1.807, 2.05) is 30.0 Å². The summed E-state index contributed by atoms with van der Waals surface area (Å²) in [6.07, 6.45) is 2.23. The van der Waals surface area contributed by atoms with E-state index in [9.17, 15) is 9.59 Å². The van der Waals surface area contributed by atoms with Gasteiger partial charge < -0.3 is 15.0 Å². The van der Waals surface area contributed by atoms with Crippen molar-refractivity contribution in [2.45, 2.75) is 40.0 Å². The van der Waals surface area contributed by atoms with Crippen molar-refractivity contribution in [3.63, 3.8) is 0 Å². The van der Waals surface area contributed by atoms with Crippen LogP contribution in [-0.4, -0.2) is 36.9 Å². The number of hydrogen-bond acceptors (Lipinski definition) is 3. The van der Waals surface area contributed by atoms with Crippen LogP contribution in [0.3, 0.4) is 0 Å². The number of carbonyl (C=O) groups is 2. The average Bonchev–Trinajstić information content (AvgIpc) is 2.50. The minimum absolute atomic E-state index is 0.135. The second kappa shape index (κ2) is 9.07. The number of nitrogens with zero attached hydrogens (tertiary/aromatic N) is 1. The lowest BCUT2D eigenvalue weighted by molar-refractivity contribution is -0.130. The zero-order chi connectivity index (χ0) is 16.5. The molecule has 1 rings (SSSR count). The molecule has 0 unspecified atom stereocenters. The summed E-state index contributed by atoms with van der Waals surface area (Å²) < 4.78 is 5.24. The van der Waals surface area contributed by atoms with Gasteiger partial charge in [0.15, 0.2) is 0 Å². The van der Waals surface area contributed by atoms with Gasteiger partial charge in [0.2, 0.25) is 11.8 Å². The van der Waals surface area contributed by atoms with Crippen molar-refractivity contribution < 1.29 is 14.3 Å². The Kier molecular flexibility index (Phi) is 7.43. The maximum Gasteiger partial charge on any atom is 0.222 e. The predicted molar refractivity (Wildman–Crippen MR) is 88.2 cm³/mol. The molecule has 0 aliphatic heterocycles. The van der Waals surface area contributed by atoms with E-state index in [-0.39, 0.29) is 11.8 Å². The number of nitrogens with one attached hydrogen (secondary N) is 1. The lowest BCUT2D eigenvalue weighted by Gasteiger charge is -2.22. The molecular formula is C17H26N2O3. The van der Waals surface area contributed by atoms with Crippen LogP contribution in [-0.2, 0) is 16.0 Å². The molecule has 1 aromatic rings. The van der Waals surface area contributed by atoms with Crippen LogP contribution >= 0.6 is 0 Å². The van der Waals surface area contributed by atoms with Gasteiger partial charge in [-0.25, -0.2) is 0 Å². The number of rotatable bonds is 8. The minimum atomic E-state index is -0.135. The lowest BCUT2D eigenvalue weighted by atomic mass is 10.1. The van der Waals surface area contributed by atoms with E-state index in [1.165, 1.54) is 6.92 Å². The van der Waals surface area contributed by atoms with Gasteiger partial charge in [-0.3, -0.25) is 9.59 Å². The summed E-state index contributed by atoms with van der Waals surface area (Å²) in [5, 5.41) is 2.77. The number of anilines is 1. The first-order chi connectivity index (χ1) is 10.5. The van der Waals surface area contributed by atoms with Gasteiger partial charge in [-0.05, 0) is 30.5 Å². The fourth-order valence-electron chi connectivity index (χ4n) is 2.32. The highest BCUT2D eigenvalue weighted by Crippen LogP contribution is 2.25. The molecule has 0 spiro atoms. The van der Waals surface area contributed by atoms with Gasteiger partial charge in [0, 0.05) is 26.4 Å². The summed E-state index contributed by atoms with van der Waals surface area (Å²) >= 11 is 0. The molecule has 0 saturated heterocycles. The molecule has 22 heavy (non-hydrogen) atoms. The normalized spacial score (nSPS) is 10.2. The quantitative estimate of drug-likeness (QED) is 0.803. The molecular weight excluding hydrogens is 280 g/mol. The first kappa shape index (κ1) is 18.0. The van der Waals surface area contributed by atoms with Crippen LogP contribution in [0.1, 0.15) is 39.2 Å². The molecule has 0 heterocycles. The topological polar surface area (TPSA) is 58.6 Å². The molecule has 0 bridgehead atoms. The summed E-state index contributed by atoms with van der Waals surface area (Å²) in [7, 11) is 1.57. The van der Waals surface area contributed by atoms with Crippen LogP contribution in [0.25, 0.3) is 0 Å². The molecule has 0 radical (unpaired) electrons. The van der Waals surface area contributed by atoms with Gasteiger partial charge in [0.1, 0.15) is 5.75 Å². The second-order valence-corrected chi connectivity index (χ2v) is 5.20. The zero-order valence-corrected chi connectivity index (χ0v) is 13.9. The molecule has 5 heteroatoms. The number of amides is 2. The van der Waals surface area contributed by atoms with E-state index >= 15 is 0 Å². The SMILES string of the molecule is CCCN(CCc1ccc(OC)c(NC(C)=O)c1)C(=O)CC. The summed E-state index contributed by atoms with van der Waals surface area (Å²) in [5.74, 6) is 0.677. The largest absolute Gasteiger partial charge is 0.495 e. The van der Waals surface area contributed by atoms with Crippen molar-refractivity contribution in [2.24, 2.45) is 0 Å². The van der Waals surface area contributed by atoms with E-state index in [2.05, 4.69) is 12.2 Å². The summed E-state index contributed by atoms with van der Waals surface area (Å²) in [6.45, 7) is 6.88. The van der Waals surface area contributed by atoms with Crippen LogP contribution in [0.5, 0.6) is 5.75 Å². The Balaban J connectivity index is 2.80. The highest BCUT2D eigenvalue weighted by atomic mass is 16.5. The van der Waals surface area contributed by atoms with Crippen molar-refractivity contribution >= 4 is 17.5 Å². The minimum Gasteiger partial charge on any atom is -0.495 e. The van der Waals surface area contributed by atoms with Crippen LogP contribution < -0.4 is 10.1 Å². The van der Waals surface area contributed by atoms with E-state index in [0.717, 1.165) is 24.9 Å². The highest BCUT2D eigenvalue weighted by Gasteiger charge is 2.11. The van der Waals surface area contributed by atoms with Crippen molar-refractivity contribution in [3.05, 3.63) is 23.8 Å². The Labute approximate surface area is 132 Å². The molecule has 122 valence electrons. The van der Waals surface area contributed by atoms with Gasteiger partial charge in [-0.15, -0.1) is 0 Å². The van der Waals surface area contributed by atoms with Crippen molar-refractivity contribution in [1.82, 2.24) is 4.90 Å². The second-order valence-electron chi connectivity index (χ2n) is 5.20. The maximum atomic E-state index is 11.9. The molecule has 2 amide bonds. The molecule has 1 aromatic carbocycles. The smallest absolute Gasteiger partial charge is 0.222 e. The molecule has 0 aliphatic rings. The van der Waals surface area contributed by atoms with Crippen LogP contribution in [0.15, 0.2) is 18.2 Å². The fraction of sp³-hybridized carbons (Fsp3) is 0.529. The van der Waals surface area contributed by atoms with Gasteiger partial charge in [-0.2, -0.15) is 0 Å². The average molecular weight is 306 g/mol. The number of hydrogen-bond donors (Lipinski definition) is 1. The van der Waals surface area contributed by atoms with Crippen LogP contribution in [0.2, 0.25) is 0 Å². The standard InChI is InChI=1S/C17H26N2O3/c1-5-10-19(17(21)6-2)11-9-14-7-8-16(22-4)15(12-14)18-13(3)20/h7-8,12H,5-6,9-11H2,1-4H3,(H,18,20). The molecule has 0 atom stereocenters. The van der Waals surface area contributed by atoms with Gasteiger partial charge in [-0.1, -0.05) is 19.9 Å². The number of ether oxygens (including phenoxy) is 1. The molecule has 1 N–H and O–H groups in total. The third-order valence-corrected chi connectivity index (χ3v) is 3.39. The lowest BCUT2D eigenvalue weighted by Crippen LogP contribution is -2.33. The highest BCUT2D eigenvalue weighted by molar-refractivity contribution is 5.90. The van der Waals surface area contributed by atoms with Crippen LogP contribution in [0.4, 0.5) is 5.69 Å². The Hall–Kier alpha value is -2.04. The molecule has 0 aromatic heterocycles.